The normalized spacial score (nSPS) is 22.8. The molecule has 0 saturated heterocycles. The molecule has 0 aliphatic heterocycles. The first-order chi connectivity index (χ1) is 7.80. The number of hydrogen-bond acceptors (Lipinski definition) is 1. The fraction of sp³-hybridized carbons (Fsp3) is 0.929. The van der Waals surface area contributed by atoms with E-state index in [0.29, 0.717) is 0 Å². The molecule has 1 nitrogen and oxygen atoms in total. The van der Waals surface area contributed by atoms with Crippen LogP contribution in [0.15, 0.2) is 0 Å². The summed E-state index contributed by atoms with van der Waals surface area (Å²) in [5.41, 5.74) is 0. The van der Waals surface area contributed by atoms with Crippen molar-refractivity contribution in [3.8, 4) is 0 Å². The molecule has 0 N–H and O–H groups in total. The van der Waals surface area contributed by atoms with Crippen molar-refractivity contribution in [2.75, 3.05) is 0 Å². The van der Waals surface area contributed by atoms with E-state index in [1.165, 1.54) is 64.2 Å². The van der Waals surface area contributed by atoms with E-state index in [1.54, 1.807) is 0 Å². The molecular weight excluding hydrogens is 220 g/mol. The van der Waals surface area contributed by atoms with Crippen molar-refractivity contribution >= 4 is 16.8 Å². The van der Waals surface area contributed by atoms with E-state index in [0.717, 1.165) is 12.8 Å². The summed E-state index contributed by atoms with van der Waals surface area (Å²) in [5.74, 6) is 0.141. The van der Waals surface area contributed by atoms with Gasteiger partial charge in [0.25, 0.3) is 0 Å². The van der Waals surface area contributed by atoms with Crippen LogP contribution in [0, 0.1) is 5.92 Å². The van der Waals surface area contributed by atoms with E-state index in [4.69, 9.17) is 11.6 Å². The molecule has 1 fully saturated rings. The highest BCUT2D eigenvalue weighted by Gasteiger charge is 2.15. The van der Waals surface area contributed by atoms with Crippen molar-refractivity contribution in [3.63, 3.8) is 0 Å². The molecule has 0 heterocycles. The quantitative estimate of drug-likeness (QED) is 0.589. The first-order valence-electron chi connectivity index (χ1n) is 7.00. The minimum Gasteiger partial charge on any atom is -0.281 e. The van der Waals surface area contributed by atoms with Gasteiger partial charge in [0.2, 0.25) is 5.24 Å². The van der Waals surface area contributed by atoms with Gasteiger partial charge in [-0.2, -0.15) is 0 Å². The predicted octanol–water partition coefficient (Wildman–Crippen LogP) is 5.06. The van der Waals surface area contributed by atoms with Gasteiger partial charge in [0.1, 0.15) is 0 Å². The average molecular weight is 245 g/mol. The summed E-state index contributed by atoms with van der Waals surface area (Å²) in [6, 6.07) is 0. The zero-order chi connectivity index (χ0) is 11.6. The van der Waals surface area contributed by atoms with Crippen LogP contribution in [0.25, 0.3) is 0 Å². The van der Waals surface area contributed by atoms with Crippen LogP contribution in [-0.4, -0.2) is 5.24 Å². The Kier molecular flexibility index (Phi) is 7.92. The molecule has 1 rings (SSSR count). The van der Waals surface area contributed by atoms with Crippen LogP contribution in [-0.2, 0) is 4.79 Å². The molecule has 0 unspecified atom stereocenters. The van der Waals surface area contributed by atoms with Gasteiger partial charge in [0.15, 0.2) is 0 Å². The summed E-state index contributed by atoms with van der Waals surface area (Å²) in [7, 11) is 0. The minimum absolute atomic E-state index is 0.102. The van der Waals surface area contributed by atoms with Gasteiger partial charge >= 0.3 is 0 Å². The Labute approximate surface area is 105 Å². The van der Waals surface area contributed by atoms with Crippen molar-refractivity contribution in [3.05, 3.63) is 0 Å². The standard InChI is InChI=1S/C14H25ClO/c15-14(16)13-11-9-7-5-3-1-2-4-6-8-10-12-13/h13H,1-12H2. The Morgan fingerprint density at radius 3 is 1.31 bits per heavy atom. The largest absolute Gasteiger partial charge is 0.281 e. The van der Waals surface area contributed by atoms with Crippen molar-refractivity contribution < 1.29 is 4.79 Å². The van der Waals surface area contributed by atoms with Crippen molar-refractivity contribution in [1.82, 2.24) is 0 Å². The number of hydrogen-bond donors (Lipinski definition) is 0. The van der Waals surface area contributed by atoms with E-state index < -0.39 is 0 Å². The maximum absolute atomic E-state index is 11.2. The Morgan fingerprint density at radius 1 is 0.688 bits per heavy atom. The first kappa shape index (κ1) is 14.0. The Bertz CT molecular complexity index is 177. The van der Waals surface area contributed by atoms with E-state index in [1.807, 2.05) is 0 Å². The molecule has 0 amide bonds. The lowest BCUT2D eigenvalue weighted by molar-refractivity contribution is -0.115. The monoisotopic (exact) mass is 244 g/mol. The molecule has 1 aliphatic carbocycles. The van der Waals surface area contributed by atoms with Gasteiger partial charge in [-0.3, -0.25) is 4.79 Å². The minimum atomic E-state index is -0.102. The third-order valence-corrected chi connectivity index (χ3v) is 3.98. The molecule has 2 heteroatoms. The molecule has 1 saturated carbocycles. The van der Waals surface area contributed by atoms with Crippen LogP contribution in [0.5, 0.6) is 0 Å². The second-order valence-electron chi connectivity index (χ2n) is 5.11. The fourth-order valence-electron chi connectivity index (χ4n) is 2.57. The molecule has 0 bridgehead atoms. The molecule has 94 valence electrons. The molecule has 0 spiro atoms. The number of carbonyl (C=O) groups is 1. The van der Waals surface area contributed by atoms with E-state index in [2.05, 4.69) is 0 Å². The van der Waals surface area contributed by atoms with Crippen molar-refractivity contribution in [2.24, 2.45) is 5.92 Å². The summed E-state index contributed by atoms with van der Waals surface area (Å²) < 4.78 is 0. The SMILES string of the molecule is O=C(Cl)C1CCCCCCCCCCCC1. The first-order valence-corrected chi connectivity index (χ1v) is 7.38. The van der Waals surface area contributed by atoms with Gasteiger partial charge in [-0.15, -0.1) is 0 Å². The van der Waals surface area contributed by atoms with Crippen LogP contribution in [0.4, 0.5) is 0 Å². The Balaban J connectivity index is 2.29. The topological polar surface area (TPSA) is 17.1 Å². The molecule has 16 heavy (non-hydrogen) atoms. The molecule has 0 aromatic carbocycles. The zero-order valence-electron chi connectivity index (χ0n) is 10.3. The van der Waals surface area contributed by atoms with Crippen LogP contribution in [0.2, 0.25) is 0 Å². The van der Waals surface area contributed by atoms with Crippen molar-refractivity contribution in [1.29, 1.82) is 0 Å². The van der Waals surface area contributed by atoms with Crippen LogP contribution in [0.1, 0.15) is 77.0 Å². The summed E-state index contributed by atoms with van der Waals surface area (Å²) in [6.07, 6.45) is 15.2. The third kappa shape index (κ3) is 6.52. The molecule has 0 aromatic rings. The lowest BCUT2D eigenvalue weighted by Gasteiger charge is -2.11. The van der Waals surface area contributed by atoms with Crippen LogP contribution >= 0.6 is 11.6 Å². The molecule has 0 aromatic heterocycles. The highest BCUT2D eigenvalue weighted by molar-refractivity contribution is 6.63. The second-order valence-corrected chi connectivity index (χ2v) is 5.49. The Morgan fingerprint density at radius 2 is 1.00 bits per heavy atom. The maximum atomic E-state index is 11.2. The van der Waals surface area contributed by atoms with Gasteiger partial charge < -0.3 is 0 Å². The molecule has 1 aliphatic rings. The zero-order valence-corrected chi connectivity index (χ0v) is 11.1. The summed E-state index contributed by atoms with van der Waals surface area (Å²) in [6.45, 7) is 0. The summed E-state index contributed by atoms with van der Waals surface area (Å²) >= 11 is 5.64. The fourth-order valence-corrected chi connectivity index (χ4v) is 2.79. The Hall–Kier alpha value is -0.0400. The van der Waals surface area contributed by atoms with E-state index >= 15 is 0 Å². The van der Waals surface area contributed by atoms with Crippen LogP contribution < -0.4 is 0 Å². The predicted molar refractivity (Wildman–Crippen MR) is 69.8 cm³/mol. The van der Waals surface area contributed by atoms with Gasteiger partial charge in [-0.25, -0.2) is 0 Å². The van der Waals surface area contributed by atoms with Gasteiger partial charge in [-0.1, -0.05) is 64.2 Å². The average Bonchev–Trinajstić information content (AvgIpc) is 2.28. The highest BCUT2D eigenvalue weighted by atomic mass is 35.5. The van der Waals surface area contributed by atoms with E-state index in [9.17, 15) is 4.79 Å². The highest BCUT2D eigenvalue weighted by Crippen LogP contribution is 2.22. The van der Waals surface area contributed by atoms with E-state index in [-0.39, 0.29) is 11.2 Å². The maximum Gasteiger partial charge on any atom is 0.224 e. The molecular formula is C14H25ClO. The lowest BCUT2D eigenvalue weighted by Crippen LogP contribution is -2.08. The summed E-state index contributed by atoms with van der Waals surface area (Å²) in [5, 5.41) is -0.102. The number of rotatable bonds is 1. The van der Waals surface area contributed by atoms with Gasteiger partial charge in [0.05, 0.1) is 0 Å². The van der Waals surface area contributed by atoms with Gasteiger partial charge in [0, 0.05) is 5.92 Å². The third-order valence-electron chi connectivity index (χ3n) is 3.68. The van der Waals surface area contributed by atoms with Crippen LogP contribution in [0.3, 0.4) is 0 Å². The number of carbonyl (C=O) groups excluding carboxylic acids is 1. The van der Waals surface area contributed by atoms with Crippen molar-refractivity contribution in [2.45, 2.75) is 77.0 Å². The lowest BCUT2D eigenvalue weighted by atomic mass is 9.96. The second kappa shape index (κ2) is 9.04. The number of halogens is 1. The molecule has 0 atom stereocenters. The molecule has 0 radical (unpaired) electrons. The smallest absolute Gasteiger partial charge is 0.224 e. The van der Waals surface area contributed by atoms with Gasteiger partial charge in [-0.05, 0) is 24.4 Å². The summed E-state index contributed by atoms with van der Waals surface area (Å²) in [4.78, 5) is 11.2.